The number of hydrogen-bond donors (Lipinski definition) is 2. The number of nitrogens with zero attached hydrogens (tertiary/aromatic N) is 1. The Kier molecular flexibility index (Phi) is 8.81. The van der Waals surface area contributed by atoms with Crippen molar-refractivity contribution in [2.75, 3.05) is 26.2 Å². The Balaban J connectivity index is 0.000000413. The van der Waals surface area contributed by atoms with Gasteiger partial charge in [-0.15, -0.1) is 0 Å². The summed E-state index contributed by atoms with van der Waals surface area (Å²) in [6.45, 7) is 8.23. The second kappa shape index (κ2) is 10.6. The van der Waals surface area contributed by atoms with Crippen molar-refractivity contribution in [3.05, 3.63) is 30.3 Å². The summed E-state index contributed by atoms with van der Waals surface area (Å²) in [7, 11) is 0. The van der Waals surface area contributed by atoms with Gasteiger partial charge in [0.1, 0.15) is 5.75 Å². The molecule has 7 nitrogen and oxygen atoms in total. The van der Waals surface area contributed by atoms with E-state index in [0.717, 1.165) is 38.4 Å². The third kappa shape index (κ3) is 8.50. The summed E-state index contributed by atoms with van der Waals surface area (Å²) in [5.74, 6) is -2.69. The summed E-state index contributed by atoms with van der Waals surface area (Å²) in [4.78, 5) is 20.7. The van der Waals surface area contributed by atoms with Crippen LogP contribution in [0.15, 0.2) is 30.3 Å². The SMILES string of the molecule is CC1CN(CCCOc2ccccc2)CC(C)O1.O=C(O)C(=O)O. The van der Waals surface area contributed by atoms with Gasteiger partial charge in [-0.25, -0.2) is 9.59 Å². The molecule has 0 spiro atoms. The van der Waals surface area contributed by atoms with E-state index < -0.39 is 11.9 Å². The van der Waals surface area contributed by atoms with Crippen molar-refractivity contribution in [3.63, 3.8) is 0 Å². The van der Waals surface area contributed by atoms with Gasteiger partial charge in [-0.05, 0) is 32.4 Å². The average Bonchev–Trinajstić information content (AvgIpc) is 2.52. The van der Waals surface area contributed by atoms with Gasteiger partial charge in [-0.1, -0.05) is 18.2 Å². The van der Waals surface area contributed by atoms with Crippen molar-refractivity contribution in [1.82, 2.24) is 4.90 Å². The van der Waals surface area contributed by atoms with Gasteiger partial charge in [0.15, 0.2) is 0 Å². The number of para-hydroxylation sites is 1. The lowest BCUT2D eigenvalue weighted by Gasteiger charge is -2.35. The van der Waals surface area contributed by atoms with E-state index in [1.165, 1.54) is 0 Å². The molecule has 1 fully saturated rings. The summed E-state index contributed by atoms with van der Waals surface area (Å²) in [5, 5.41) is 14.8. The molecule has 1 aromatic rings. The van der Waals surface area contributed by atoms with Crippen molar-refractivity contribution >= 4 is 11.9 Å². The molecule has 0 radical (unpaired) electrons. The Hall–Kier alpha value is -2.12. The maximum atomic E-state index is 9.10. The van der Waals surface area contributed by atoms with E-state index in [9.17, 15) is 0 Å². The van der Waals surface area contributed by atoms with Crippen LogP contribution in [0.1, 0.15) is 20.3 Å². The van der Waals surface area contributed by atoms with E-state index in [2.05, 4.69) is 18.7 Å². The number of carboxylic acid groups (broad SMARTS) is 2. The van der Waals surface area contributed by atoms with Crippen molar-refractivity contribution in [2.45, 2.75) is 32.5 Å². The van der Waals surface area contributed by atoms with Crippen molar-refractivity contribution < 1.29 is 29.3 Å². The fourth-order valence-electron chi connectivity index (χ4n) is 2.46. The first-order chi connectivity index (χ1) is 11.4. The van der Waals surface area contributed by atoms with E-state index in [4.69, 9.17) is 29.3 Å². The van der Waals surface area contributed by atoms with E-state index in [1.807, 2.05) is 30.3 Å². The quantitative estimate of drug-likeness (QED) is 0.623. The van der Waals surface area contributed by atoms with Crippen LogP contribution >= 0.6 is 0 Å². The summed E-state index contributed by atoms with van der Waals surface area (Å²) in [6, 6.07) is 10.0. The number of ether oxygens (including phenoxy) is 2. The van der Waals surface area contributed by atoms with Gasteiger partial charge in [-0.2, -0.15) is 0 Å². The number of aliphatic carboxylic acids is 2. The van der Waals surface area contributed by atoms with Crippen molar-refractivity contribution in [3.8, 4) is 5.75 Å². The van der Waals surface area contributed by atoms with E-state index in [1.54, 1.807) is 0 Å². The number of carboxylic acids is 2. The van der Waals surface area contributed by atoms with Crippen LogP contribution in [-0.2, 0) is 14.3 Å². The first-order valence-corrected chi connectivity index (χ1v) is 7.90. The molecule has 134 valence electrons. The lowest BCUT2D eigenvalue weighted by Crippen LogP contribution is -2.45. The molecule has 24 heavy (non-hydrogen) atoms. The minimum atomic E-state index is -1.82. The smallest absolute Gasteiger partial charge is 0.414 e. The minimum Gasteiger partial charge on any atom is -0.494 e. The van der Waals surface area contributed by atoms with Gasteiger partial charge in [0, 0.05) is 19.6 Å². The fraction of sp³-hybridized carbons (Fsp3) is 0.529. The van der Waals surface area contributed by atoms with Gasteiger partial charge >= 0.3 is 11.9 Å². The predicted molar refractivity (Wildman–Crippen MR) is 88.3 cm³/mol. The van der Waals surface area contributed by atoms with Crippen LogP contribution in [0.2, 0.25) is 0 Å². The Morgan fingerprint density at radius 2 is 1.67 bits per heavy atom. The topological polar surface area (TPSA) is 96.3 Å². The molecule has 2 N–H and O–H groups in total. The second-order valence-electron chi connectivity index (χ2n) is 5.64. The second-order valence-corrected chi connectivity index (χ2v) is 5.64. The number of benzene rings is 1. The molecule has 1 aromatic carbocycles. The summed E-state index contributed by atoms with van der Waals surface area (Å²) >= 11 is 0. The van der Waals surface area contributed by atoms with Crippen molar-refractivity contribution in [2.24, 2.45) is 0 Å². The van der Waals surface area contributed by atoms with Gasteiger partial charge < -0.3 is 19.7 Å². The molecule has 1 heterocycles. The molecular weight excluding hydrogens is 314 g/mol. The van der Waals surface area contributed by atoms with Crippen molar-refractivity contribution in [1.29, 1.82) is 0 Å². The Bertz CT molecular complexity index is 485. The zero-order valence-electron chi connectivity index (χ0n) is 14.1. The summed E-state index contributed by atoms with van der Waals surface area (Å²) in [5.41, 5.74) is 0. The molecule has 0 saturated carbocycles. The van der Waals surface area contributed by atoms with E-state index in [-0.39, 0.29) is 0 Å². The fourth-order valence-corrected chi connectivity index (χ4v) is 2.46. The van der Waals surface area contributed by atoms with Crippen LogP contribution in [0, 0.1) is 0 Å². The Labute approximate surface area is 141 Å². The molecule has 1 aliphatic heterocycles. The lowest BCUT2D eigenvalue weighted by atomic mass is 10.2. The minimum absolute atomic E-state index is 0.351. The van der Waals surface area contributed by atoms with Crippen LogP contribution in [-0.4, -0.2) is 65.5 Å². The zero-order valence-corrected chi connectivity index (χ0v) is 14.1. The largest absolute Gasteiger partial charge is 0.494 e. The molecule has 7 heteroatoms. The molecule has 0 aromatic heterocycles. The van der Waals surface area contributed by atoms with Gasteiger partial charge in [-0.3, -0.25) is 4.90 Å². The maximum absolute atomic E-state index is 9.10. The summed E-state index contributed by atoms with van der Waals surface area (Å²) in [6.07, 6.45) is 1.77. The van der Waals surface area contributed by atoms with Crippen LogP contribution in [0.4, 0.5) is 0 Å². The van der Waals surface area contributed by atoms with Gasteiger partial charge in [0.2, 0.25) is 0 Å². The first kappa shape index (κ1) is 19.9. The number of rotatable bonds is 5. The Morgan fingerprint density at radius 1 is 1.12 bits per heavy atom. The monoisotopic (exact) mass is 339 g/mol. The summed E-state index contributed by atoms with van der Waals surface area (Å²) < 4.78 is 11.4. The third-order valence-corrected chi connectivity index (χ3v) is 3.31. The molecular formula is C17H25NO6. The first-order valence-electron chi connectivity index (χ1n) is 7.90. The van der Waals surface area contributed by atoms with Gasteiger partial charge in [0.05, 0.1) is 18.8 Å². The number of morpholine rings is 1. The molecule has 0 aliphatic carbocycles. The highest BCUT2D eigenvalue weighted by atomic mass is 16.5. The third-order valence-electron chi connectivity index (χ3n) is 3.31. The standard InChI is InChI=1S/C15H23NO2.C2H2O4/c1-13-11-16(12-14(2)18-13)9-6-10-17-15-7-4-3-5-8-15;3-1(4)2(5)6/h3-5,7-8,13-14H,6,9-12H2,1-2H3;(H,3,4)(H,5,6). The molecule has 2 rings (SSSR count). The normalized spacial score (nSPS) is 20.6. The highest BCUT2D eigenvalue weighted by Crippen LogP contribution is 2.12. The van der Waals surface area contributed by atoms with Crippen LogP contribution < -0.4 is 4.74 Å². The predicted octanol–water partition coefficient (Wildman–Crippen LogP) is 1.72. The number of hydrogen-bond acceptors (Lipinski definition) is 5. The molecule has 1 saturated heterocycles. The van der Waals surface area contributed by atoms with Crippen LogP contribution in [0.25, 0.3) is 0 Å². The van der Waals surface area contributed by atoms with Gasteiger partial charge in [0.25, 0.3) is 0 Å². The molecule has 0 bridgehead atoms. The molecule has 2 unspecified atom stereocenters. The molecule has 2 atom stereocenters. The van der Waals surface area contributed by atoms with E-state index in [0.29, 0.717) is 12.2 Å². The highest BCUT2D eigenvalue weighted by Gasteiger charge is 2.21. The lowest BCUT2D eigenvalue weighted by molar-refractivity contribution is -0.159. The molecule has 0 amide bonds. The number of carbonyl (C=O) groups is 2. The highest BCUT2D eigenvalue weighted by molar-refractivity contribution is 6.27. The average molecular weight is 339 g/mol. The van der Waals surface area contributed by atoms with Crippen LogP contribution in [0.5, 0.6) is 5.75 Å². The van der Waals surface area contributed by atoms with Crippen LogP contribution in [0.3, 0.4) is 0 Å². The Morgan fingerprint density at radius 3 is 2.17 bits per heavy atom. The molecule has 1 aliphatic rings. The maximum Gasteiger partial charge on any atom is 0.414 e. The zero-order chi connectivity index (χ0) is 17.9. The van der Waals surface area contributed by atoms with E-state index >= 15 is 0 Å².